The van der Waals surface area contributed by atoms with Crippen molar-refractivity contribution in [2.24, 2.45) is 0 Å². The summed E-state index contributed by atoms with van der Waals surface area (Å²) in [5.41, 5.74) is 1.39. The zero-order valence-corrected chi connectivity index (χ0v) is 12.0. The van der Waals surface area contributed by atoms with E-state index in [2.05, 4.69) is 10.3 Å². The third-order valence-corrected chi connectivity index (χ3v) is 3.18. The number of pyridine rings is 1. The molecule has 1 aromatic heterocycles. The van der Waals surface area contributed by atoms with Gasteiger partial charge in [-0.1, -0.05) is 23.7 Å². The lowest BCUT2D eigenvalue weighted by Crippen LogP contribution is -2.27. The maximum absolute atomic E-state index is 12.2. The molecule has 0 aliphatic heterocycles. The van der Waals surface area contributed by atoms with Gasteiger partial charge >= 0.3 is 0 Å². The van der Waals surface area contributed by atoms with Crippen molar-refractivity contribution in [2.45, 2.75) is 13.0 Å². The molecule has 0 aliphatic rings. The Morgan fingerprint density at radius 1 is 1.30 bits per heavy atom. The second-order valence-electron chi connectivity index (χ2n) is 4.31. The number of amides is 1. The molecule has 0 fully saturated rings. The molecule has 1 unspecified atom stereocenters. The Balaban J connectivity index is 2.13. The van der Waals surface area contributed by atoms with Gasteiger partial charge in [-0.25, -0.2) is 4.98 Å². The minimum absolute atomic E-state index is 0.135. The molecule has 1 amide bonds. The van der Waals surface area contributed by atoms with Gasteiger partial charge in [-0.3, -0.25) is 4.79 Å². The number of methoxy groups -OCH3 is 1. The molecule has 20 heavy (non-hydrogen) atoms. The Hall–Kier alpha value is -2.07. The van der Waals surface area contributed by atoms with Crippen molar-refractivity contribution in [3.8, 4) is 5.88 Å². The number of benzene rings is 1. The van der Waals surface area contributed by atoms with Gasteiger partial charge in [-0.2, -0.15) is 0 Å². The third-order valence-electron chi connectivity index (χ3n) is 2.93. The number of hydrogen-bond acceptors (Lipinski definition) is 3. The van der Waals surface area contributed by atoms with Crippen molar-refractivity contribution < 1.29 is 9.53 Å². The summed E-state index contributed by atoms with van der Waals surface area (Å²) in [5.74, 6) is 0.0886. The summed E-state index contributed by atoms with van der Waals surface area (Å²) < 4.78 is 5.08. The van der Waals surface area contributed by atoms with Crippen LogP contribution in [0.3, 0.4) is 0 Å². The summed E-state index contributed by atoms with van der Waals surface area (Å²) >= 11 is 5.85. The summed E-state index contributed by atoms with van der Waals surface area (Å²) in [5, 5.41) is 3.57. The predicted octanol–water partition coefficient (Wildman–Crippen LogP) is 3.23. The predicted molar refractivity (Wildman–Crippen MR) is 78.1 cm³/mol. The zero-order chi connectivity index (χ0) is 14.5. The summed E-state index contributed by atoms with van der Waals surface area (Å²) in [6, 6.07) is 10.6. The highest BCUT2D eigenvalue weighted by molar-refractivity contribution is 6.30. The molecule has 0 saturated carbocycles. The molecule has 0 saturated heterocycles. The molecule has 5 heteroatoms. The van der Waals surface area contributed by atoms with Crippen LogP contribution in [0.4, 0.5) is 0 Å². The highest BCUT2D eigenvalue weighted by Crippen LogP contribution is 2.18. The van der Waals surface area contributed by atoms with Gasteiger partial charge in [0.05, 0.1) is 13.2 Å². The van der Waals surface area contributed by atoms with Gasteiger partial charge in [0.1, 0.15) is 5.56 Å². The number of carbonyl (C=O) groups is 1. The van der Waals surface area contributed by atoms with Gasteiger partial charge in [-0.05, 0) is 36.8 Å². The van der Waals surface area contributed by atoms with Crippen LogP contribution in [0, 0.1) is 0 Å². The third kappa shape index (κ3) is 3.27. The molecule has 0 bridgehead atoms. The molecule has 0 radical (unpaired) electrons. The summed E-state index contributed by atoms with van der Waals surface area (Å²) in [7, 11) is 1.49. The Labute approximate surface area is 122 Å². The van der Waals surface area contributed by atoms with Gasteiger partial charge in [-0.15, -0.1) is 0 Å². The standard InChI is InChI=1S/C15H15ClN2O2/c1-10(11-5-7-12(16)8-6-11)18-14(19)13-4-3-9-17-15(13)20-2/h3-10H,1-2H3,(H,18,19). The van der Waals surface area contributed by atoms with Crippen LogP contribution in [0.25, 0.3) is 0 Å². The quantitative estimate of drug-likeness (QED) is 0.940. The Morgan fingerprint density at radius 2 is 2.00 bits per heavy atom. The molecule has 1 aromatic carbocycles. The van der Waals surface area contributed by atoms with Gasteiger partial charge < -0.3 is 10.1 Å². The average molecular weight is 291 g/mol. The first-order valence-corrected chi connectivity index (χ1v) is 6.55. The molecule has 1 N–H and O–H groups in total. The Morgan fingerprint density at radius 3 is 2.65 bits per heavy atom. The first kappa shape index (κ1) is 14.3. The van der Waals surface area contributed by atoms with E-state index in [1.165, 1.54) is 7.11 Å². The van der Waals surface area contributed by atoms with Gasteiger partial charge in [0.15, 0.2) is 0 Å². The lowest BCUT2D eigenvalue weighted by atomic mass is 10.1. The van der Waals surface area contributed by atoms with Crippen LogP contribution in [0.5, 0.6) is 5.88 Å². The van der Waals surface area contributed by atoms with E-state index in [4.69, 9.17) is 16.3 Å². The van der Waals surface area contributed by atoms with Crippen molar-refractivity contribution in [3.05, 3.63) is 58.7 Å². The molecule has 4 nitrogen and oxygen atoms in total. The van der Waals surface area contributed by atoms with Gasteiger partial charge in [0.25, 0.3) is 5.91 Å². The lowest BCUT2D eigenvalue weighted by molar-refractivity contribution is 0.0936. The summed E-state index contributed by atoms with van der Waals surface area (Å²) in [6.45, 7) is 1.91. The highest BCUT2D eigenvalue weighted by atomic mass is 35.5. The molecule has 0 aliphatic carbocycles. The molecule has 1 atom stereocenters. The van der Waals surface area contributed by atoms with Crippen LogP contribution in [-0.2, 0) is 0 Å². The van der Waals surface area contributed by atoms with Crippen molar-refractivity contribution >= 4 is 17.5 Å². The fraction of sp³-hybridized carbons (Fsp3) is 0.200. The van der Waals surface area contributed by atoms with Crippen molar-refractivity contribution in [1.29, 1.82) is 0 Å². The van der Waals surface area contributed by atoms with E-state index < -0.39 is 0 Å². The number of ether oxygens (including phenoxy) is 1. The smallest absolute Gasteiger partial charge is 0.257 e. The van der Waals surface area contributed by atoms with Crippen LogP contribution < -0.4 is 10.1 Å². The maximum atomic E-state index is 12.2. The summed E-state index contributed by atoms with van der Waals surface area (Å²) in [4.78, 5) is 16.2. The van der Waals surface area contributed by atoms with Gasteiger partial charge in [0, 0.05) is 11.2 Å². The number of hydrogen-bond donors (Lipinski definition) is 1. The molecule has 0 spiro atoms. The molecule has 2 rings (SSSR count). The molecule has 1 heterocycles. The van der Waals surface area contributed by atoms with Gasteiger partial charge in [0.2, 0.25) is 5.88 Å². The van der Waals surface area contributed by atoms with E-state index >= 15 is 0 Å². The molecule has 2 aromatic rings. The Bertz CT molecular complexity index is 599. The highest BCUT2D eigenvalue weighted by Gasteiger charge is 2.15. The van der Waals surface area contributed by atoms with Crippen LogP contribution in [0.2, 0.25) is 5.02 Å². The molecular formula is C15H15ClN2O2. The number of rotatable bonds is 4. The van der Waals surface area contributed by atoms with E-state index in [1.54, 1.807) is 30.5 Å². The second-order valence-corrected chi connectivity index (χ2v) is 4.74. The largest absolute Gasteiger partial charge is 0.480 e. The normalized spacial score (nSPS) is 11.8. The van der Waals surface area contributed by atoms with E-state index in [1.807, 2.05) is 19.1 Å². The number of aromatic nitrogens is 1. The first-order valence-electron chi connectivity index (χ1n) is 6.17. The Kier molecular flexibility index (Phi) is 4.58. The van der Waals surface area contributed by atoms with Crippen LogP contribution in [-0.4, -0.2) is 18.0 Å². The number of nitrogens with one attached hydrogen (secondary N) is 1. The van der Waals surface area contributed by atoms with Crippen LogP contribution >= 0.6 is 11.6 Å². The number of nitrogens with zero attached hydrogens (tertiary/aromatic N) is 1. The van der Waals surface area contributed by atoms with E-state index in [-0.39, 0.29) is 11.9 Å². The second kappa shape index (κ2) is 6.39. The van der Waals surface area contributed by atoms with E-state index in [0.717, 1.165) is 5.56 Å². The molecule has 104 valence electrons. The van der Waals surface area contributed by atoms with Crippen molar-refractivity contribution in [2.75, 3.05) is 7.11 Å². The minimum Gasteiger partial charge on any atom is -0.480 e. The van der Waals surface area contributed by atoms with E-state index in [9.17, 15) is 4.79 Å². The lowest BCUT2D eigenvalue weighted by Gasteiger charge is -2.15. The topological polar surface area (TPSA) is 51.2 Å². The molecular weight excluding hydrogens is 276 g/mol. The average Bonchev–Trinajstić information content (AvgIpc) is 2.47. The van der Waals surface area contributed by atoms with Crippen molar-refractivity contribution in [1.82, 2.24) is 10.3 Å². The summed E-state index contributed by atoms with van der Waals surface area (Å²) in [6.07, 6.45) is 1.58. The van der Waals surface area contributed by atoms with Crippen molar-refractivity contribution in [3.63, 3.8) is 0 Å². The SMILES string of the molecule is COc1ncccc1C(=O)NC(C)c1ccc(Cl)cc1. The van der Waals surface area contributed by atoms with E-state index in [0.29, 0.717) is 16.5 Å². The van der Waals surface area contributed by atoms with Crippen LogP contribution in [0.15, 0.2) is 42.6 Å². The maximum Gasteiger partial charge on any atom is 0.257 e. The first-order chi connectivity index (χ1) is 9.61. The number of halogens is 1. The van der Waals surface area contributed by atoms with Crippen LogP contribution in [0.1, 0.15) is 28.9 Å². The fourth-order valence-electron chi connectivity index (χ4n) is 1.84. The monoisotopic (exact) mass is 290 g/mol. The zero-order valence-electron chi connectivity index (χ0n) is 11.3. The minimum atomic E-state index is -0.225. The fourth-order valence-corrected chi connectivity index (χ4v) is 1.96. The number of carbonyl (C=O) groups excluding carboxylic acids is 1.